The zero-order valence-electron chi connectivity index (χ0n) is 13.5. The van der Waals surface area contributed by atoms with Gasteiger partial charge in [0.2, 0.25) is 0 Å². The fourth-order valence-electron chi connectivity index (χ4n) is 1.90. The minimum absolute atomic E-state index is 0.224. The summed E-state index contributed by atoms with van der Waals surface area (Å²) in [5, 5.41) is 0. The highest BCUT2D eigenvalue weighted by atomic mass is 28.4. The molecule has 0 atom stereocenters. The second-order valence-corrected chi connectivity index (χ2v) is 7.34. The fourth-order valence-corrected chi connectivity index (χ4v) is 3.65. The lowest BCUT2D eigenvalue weighted by Crippen LogP contribution is -2.42. The van der Waals surface area contributed by atoms with Crippen molar-refractivity contribution in [2.24, 2.45) is 5.92 Å². The lowest BCUT2D eigenvalue weighted by Gasteiger charge is -2.24. The Hall–Kier alpha value is -0.963. The average molecular weight is 322 g/mol. The van der Waals surface area contributed by atoms with Crippen molar-refractivity contribution in [3.05, 3.63) is 0 Å². The minimum atomic E-state index is -2.70. The van der Waals surface area contributed by atoms with E-state index in [4.69, 9.17) is 22.8 Å². The van der Waals surface area contributed by atoms with Crippen molar-refractivity contribution < 1.29 is 32.3 Å². The molecular weight excluding hydrogens is 296 g/mol. The molecule has 0 aliphatic carbocycles. The minimum Gasteiger partial charge on any atom is -0.465 e. The van der Waals surface area contributed by atoms with Gasteiger partial charge in [0.15, 0.2) is 5.92 Å². The smallest absolute Gasteiger partial charge is 0.465 e. The van der Waals surface area contributed by atoms with Crippen molar-refractivity contribution in [1.82, 2.24) is 0 Å². The van der Waals surface area contributed by atoms with Gasteiger partial charge in [-0.05, 0) is 26.7 Å². The van der Waals surface area contributed by atoms with E-state index < -0.39 is 26.7 Å². The van der Waals surface area contributed by atoms with Crippen molar-refractivity contribution >= 4 is 20.7 Å². The van der Waals surface area contributed by atoms with Crippen LogP contribution in [0.25, 0.3) is 0 Å². The summed E-state index contributed by atoms with van der Waals surface area (Å²) in [6.45, 7) is 3.83. The molecule has 0 aromatic carbocycles. The molecule has 0 unspecified atom stereocenters. The Morgan fingerprint density at radius 1 is 0.905 bits per heavy atom. The Kier molecular flexibility index (Phi) is 10.2. The van der Waals surface area contributed by atoms with Gasteiger partial charge in [-0.3, -0.25) is 9.59 Å². The van der Waals surface area contributed by atoms with Crippen LogP contribution in [0.3, 0.4) is 0 Å². The van der Waals surface area contributed by atoms with E-state index >= 15 is 0 Å². The molecular formula is C13H26O7Si. The van der Waals surface area contributed by atoms with Crippen LogP contribution >= 0.6 is 0 Å². The second kappa shape index (κ2) is 10.7. The fraction of sp³-hybridized carbons (Fsp3) is 0.846. The normalized spacial score (nSPS) is 11.5. The Bertz CT molecular complexity index is 291. The van der Waals surface area contributed by atoms with Gasteiger partial charge >= 0.3 is 20.7 Å². The average Bonchev–Trinajstić information content (AvgIpc) is 2.48. The van der Waals surface area contributed by atoms with E-state index in [1.165, 1.54) is 21.3 Å². The Morgan fingerprint density at radius 3 is 1.67 bits per heavy atom. The summed E-state index contributed by atoms with van der Waals surface area (Å²) in [6.07, 6.45) is 0.840. The highest BCUT2D eigenvalue weighted by molar-refractivity contribution is 6.60. The summed E-state index contributed by atoms with van der Waals surface area (Å²) in [4.78, 5) is 23.6. The van der Waals surface area contributed by atoms with Crippen LogP contribution in [0.5, 0.6) is 0 Å². The highest BCUT2D eigenvalue weighted by Crippen LogP contribution is 2.20. The molecule has 0 spiro atoms. The third-order valence-corrected chi connectivity index (χ3v) is 5.88. The maximum absolute atomic E-state index is 11.8. The Morgan fingerprint density at radius 2 is 1.33 bits per heavy atom. The van der Waals surface area contributed by atoms with E-state index in [0.29, 0.717) is 18.9 Å². The van der Waals surface area contributed by atoms with Gasteiger partial charge in [-0.1, -0.05) is 0 Å². The van der Waals surface area contributed by atoms with Crippen molar-refractivity contribution in [1.29, 1.82) is 0 Å². The van der Waals surface area contributed by atoms with Crippen molar-refractivity contribution in [3.8, 4) is 0 Å². The van der Waals surface area contributed by atoms with Gasteiger partial charge in [-0.2, -0.15) is 0 Å². The predicted molar refractivity (Wildman–Crippen MR) is 77.6 cm³/mol. The predicted octanol–water partition coefficient (Wildman–Crippen LogP) is 1.39. The lowest BCUT2D eigenvalue weighted by molar-refractivity contribution is -0.161. The third-order valence-electron chi connectivity index (χ3n) is 3.05. The van der Waals surface area contributed by atoms with E-state index in [-0.39, 0.29) is 13.2 Å². The van der Waals surface area contributed by atoms with Crippen LogP contribution in [-0.2, 0) is 32.3 Å². The molecule has 0 fully saturated rings. The molecule has 0 saturated heterocycles. The zero-order chi connectivity index (χ0) is 16.3. The summed E-state index contributed by atoms with van der Waals surface area (Å²) < 4.78 is 25.7. The van der Waals surface area contributed by atoms with Crippen LogP contribution in [0.15, 0.2) is 0 Å². The summed E-state index contributed by atoms with van der Waals surface area (Å²) in [5.74, 6) is -2.03. The highest BCUT2D eigenvalue weighted by Gasteiger charge is 2.38. The van der Waals surface area contributed by atoms with Gasteiger partial charge in [-0.25, -0.2) is 0 Å². The molecule has 0 rings (SSSR count). The molecule has 8 heteroatoms. The summed E-state index contributed by atoms with van der Waals surface area (Å²) in [7, 11) is 1.87. The van der Waals surface area contributed by atoms with E-state index in [1.807, 2.05) is 0 Å². The molecule has 0 amide bonds. The largest absolute Gasteiger partial charge is 0.500 e. The molecule has 0 aliphatic rings. The number of rotatable bonds is 11. The van der Waals surface area contributed by atoms with Gasteiger partial charge in [-0.15, -0.1) is 0 Å². The van der Waals surface area contributed by atoms with Gasteiger partial charge in [0.1, 0.15) is 0 Å². The van der Waals surface area contributed by atoms with Gasteiger partial charge in [0.05, 0.1) is 13.2 Å². The Labute approximate surface area is 127 Å². The van der Waals surface area contributed by atoms with E-state index in [9.17, 15) is 9.59 Å². The standard InChI is InChI=1S/C13H26O7Si/c1-6-19-12(14)11(13(15)20-7-2)9-8-10-21(16-3,17-4)18-5/h11H,6-10H2,1-5H3. The number of hydrogen-bond donors (Lipinski definition) is 0. The maximum atomic E-state index is 11.8. The van der Waals surface area contributed by atoms with E-state index in [0.717, 1.165) is 0 Å². The quantitative estimate of drug-likeness (QED) is 0.323. The van der Waals surface area contributed by atoms with Crippen molar-refractivity contribution in [2.75, 3.05) is 34.5 Å². The SMILES string of the molecule is CCOC(=O)C(CCC[Si](OC)(OC)OC)C(=O)OCC. The molecule has 0 heterocycles. The molecule has 124 valence electrons. The third kappa shape index (κ3) is 6.55. The second-order valence-electron chi connectivity index (χ2n) is 4.24. The maximum Gasteiger partial charge on any atom is 0.500 e. The van der Waals surface area contributed by atoms with Crippen molar-refractivity contribution in [3.63, 3.8) is 0 Å². The van der Waals surface area contributed by atoms with E-state index in [1.54, 1.807) is 13.8 Å². The summed E-state index contributed by atoms with van der Waals surface area (Å²) in [6, 6.07) is 0.506. The molecule has 0 aliphatic heterocycles. The van der Waals surface area contributed by atoms with Crippen molar-refractivity contribution in [2.45, 2.75) is 32.7 Å². The number of ether oxygens (including phenoxy) is 2. The van der Waals surface area contributed by atoms with Crippen LogP contribution in [0, 0.1) is 5.92 Å². The molecule has 21 heavy (non-hydrogen) atoms. The number of carbonyl (C=O) groups is 2. The first-order chi connectivity index (χ1) is 10.00. The lowest BCUT2D eigenvalue weighted by atomic mass is 10.0. The van der Waals surface area contributed by atoms with Crippen LogP contribution in [-0.4, -0.2) is 55.3 Å². The van der Waals surface area contributed by atoms with Gasteiger partial charge in [0.25, 0.3) is 0 Å². The van der Waals surface area contributed by atoms with Crippen LogP contribution in [0.4, 0.5) is 0 Å². The summed E-state index contributed by atoms with van der Waals surface area (Å²) in [5.41, 5.74) is 0. The number of hydrogen-bond acceptors (Lipinski definition) is 7. The molecule has 0 aromatic rings. The molecule has 0 radical (unpaired) electrons. The molecule has 0 saturated carbocycles. The summed E-state index contributed by atoms with van der Waals surface area (Å²) >= 11 is 0. The molecule has 0 bridgehead atoms. The van der Waals surface area contributed by atoms with Gasteiger partial charge in [0, 0.05) is 27.4 Å². The zero-order valence-corrected chi connectivity index (χ0v) is 14.5. The van der Waals surface area contributed by atoms with Crippen LogP contribution < -0.4 is 0 Å². The first-order valence-electron chi connectivity index (χ1n) is 6.98. The topological polar surface area (TPSA) is 80.3 Å². The molecule has 0 N–H and O–H groups in total. The molecule has 0 aromatic heterocycles. The number of esters is 2. The monoisotopic (exact) mass is 322 g/mol. The first-order valence-corrected chi connectivity index (χ1v) is 8.92. The Balaban J connectivity index is 4.61. The van der Waals surface area contributed by atoms with Crippen LogP contribution in [0.2, 0.25) is 6.04 Å². The van der Waals surface area contributed by atoms with Crippen LogP contribution in [0.1, 0.15) is 26.7 Å². The van der Waals surface area contributed by atoms with Gasteiger partial charge < -0.3 is 22.8 Å². The molecule has 7 nitrogen and oxygen atoms in total. The van der Waals surface area contributed by atoms with E-state index in [2.05, 4.69) is 0 Å². The number of carbonyl (C=O) groups excluding carboxylic acids is 2. The first kappa shape index (κ1) is 20.0.